The molecule has 0 aliphatic heterocycles. The van der Waals surface area contributed by atoms with Crippen LogP contribution in [0.1, 0.15) is 5.69 Å². The fourth-order valence-corrected chi connectivity index (χ4v) is 0.580. The number of rotatable bonds is 0. The predicted octanol–water partition coefficient (Wildman–Crippen LogP) is 0.564. The molecule has 0 radical (unpaired) electrons. The third-order valence-corrected chi connectivity index (χ3v) is 1.02. The highest BCUT2D eigenvalue weighted by Gasteiger charge is 1.88. The molecule has 1 N–H and O–H groups in total. The summed E-state index contributed by atoms with van der Waals surface area (Å²) >= 11 is 0. The molecule has 1 rings (SSSR count). The second-order valence-electron chi connectivity index (χ2n) is 1.82. The number of aliphatic hydroxyl groups excluding tert-OH is 1. The standard InChI is InChI=1S/C8H6FNO/c9-7-3-4-8(10-6-7)2-1-5-11/h3-4,6,11H,5H2. The molecule has 0 aliphatic carbocycles. The maximum Gasteiger partial charge on any atom is 0.141 e. The Balaban J connectivity index is 2.82. The van der Waals surface area contributed by atoms with Crippen LogP contribution in [0.25, 0.3) is 0 Å². The van der Waals surface area contributed by atoms with Gasteiger partial charge in [-0.3, -0.25) is 0 Å². The molecule has 56 valence electrons. The highest BCUT2D eigenvalue weighted by atomic mass is 19.1. The van der Waals surface area contributed by atoms with E-state index in [2.05, 4.69) is 16.8 Å². The molecular weight excluding hydrogens is 145 g/mol. The van der Waals surface area contributed by atoms with Crippen molar-refractivity contribution in [2.45, 2.75) is 0 Å². The SMILES string of the molecule is OCC#Cc1ccc(F)cn1. The fraction of sp³-hybridized carbons (Fsp3) is 0.125. The summed E-state index contributed by atoms with van der Waals surface area (Å²) in [6.45, 7) is -0.209. The van der Waals surface area contributed by atoms with Crippen LogP contribution in [0, 0.1) is 17.7 Å². The van der Waals surface area contributed by atoms with Gasteiger partial charge in [-0.2, -0.15) is 0 Å². The molecule has 0 spiro atoms. The van der Waals surface area contributed by atoms with E-state index in [4.69, 9.17) is 5.11 Å². The largest absolute Gasteiger partial charge is 0.384 e. The van der Waals surface area contributed by atoms with Crippen LogP contribution in [0.4, 0.5) is 4.39 Å². The Kier molecular flexibility index (Phi) is 2.59. The molecule has 0 aliphatic rings. The van der Waals surface area contributed by atoms with Crippen molar-refractivity contribution < 1.29 is 9.50 Å². The lowest BCUT2D eigenvalue weighted by molar-refractivity contribution is 0.350. The number of aliphatic hydroxyl groups is 1. The maximum absolute atomic E-state index is 12.2. The lowest BCUT2D eigenvalue weighted by Gasteiger charge is -1.87. The van der Waals surface area contributed by atoms with Gasteiger partial charge in [-0.25, -0.2) is 9.37 Å². The van der Waals surface area contributed by atoms with E-state index in [0.717, 1.165) is 6.20 Å². The molecule has 3 heteroatoms. The van der Waals surface area contributed by atoms with Gasteiger partial charge in [0, 0.05) is 0 Å². The van der Waals surface area contributed by atoms with Crippen molar-refractivity contribution in [2.75, 3.05) is 6.61 Å². The van der Waals surface area contributed by atoms with Crippen molar-refractivity contribution >= 4 is 0 Å². The zero-order chi connectivity index (χ0) is 8.10. The summed E-state index contributed by atoms with van der Waals surface area (Å²) in [7, 11) is 0. The average molecular weight is 151 g/mol. The van der Waals surface area contributed by atoms with E-state index >= 15 is 0 Å². The molecule has 1 aromatic rings. The van der Waals surface area contributed by atoms with E-state index in [-0.39, 0.29) is 12.4 Å². The van der Waals surface area contributed by atoms with Crippen LogP contribution >= 0.6 is 0 Å². The molecule has 0 saturated carbocycles. The highest BCUT2D eigenvalue weighted by Crippen LogP contribution is 1.95. The molecule has 1 aromatic heterocycles. The quantitative estimate of drug-likeness (QED) is 0.550. The minimum atomic E-state index is -0.389. The van der Waals surface area contributed by atoms with Crippen LogP contribution in [-0.2, 0) is 0 Å². The van der Waals surface area contributed by atoms with Crippen LogP contribution in [0.15, 0.2) is 18.3 Å². The monoisotopic (exact) mass is 151 g/mol. The number of pyridine rings is 1. The Bertz CT molecular complexity index is 283. The molecule has 1 heterocycles. The van der Waals surface area contributed by atoms with Gasteiger partial charge in [0.1, 0.15) is 18.1 Å². The number of nitrogens with zero attached hydrogens (tertiary/aromatic N) is 1. The zero-order valence-electron chi connectivity index (χ0n) is 5.71. The number of halogens is 1. The van der Waals surface area contributed by atoms with Gasteiger partial charge in [-0.05, 0) is 18.1 Å². The fourth-order valence-electron chi connectivity index (χ4n) is 0.580. The van der Waals surface area contributed by atoms with E-state index in [1.165, 1.54) is 12.1 Å². The first-order valence-corrected chi connectivity index (χ1v) is 3.04. The minimum Gasteiger partial charge on any atom is -0.384 e. The number of hydrogen-bond donors (Lipinski definition) is 1. The molecule has 0 atom stereocenters. The molecule has 0 fully saturated rings. The Morgan fingerprint density at radius 3 is 2.91 bits per heavy atom. The summed E-state index contributed by atoms with van der Waals surface area (Å²) in [6, 6.07) is 2.73. The van der Waals surface area contributed by atoms with Crippen LogP contribution < -0.4 is 0 Å². The normalized spacial score (nSPS) is 8.55. The first-order chi connectivity index (χ1) is 5.33. The molecule has 0 amide bonds. The van der Waals surface area contributed by atoms with Gasteiger partial charge in [0.2, 0.25) is 0 Å². The zero-order valence-corrected chi connectivity index (χ0v) is 5.71. The third-order valence-electron chi connectivity index (χ3n) is 1.02. The Morgan fingerprint density at radius 2 is 2.36 bits per heavy atom. The molecule has 0 saturated heterocycles. The van der Waals surface area contributed by atoms with Gasteiger partial charge >= 0.3 is 0 Å². The van der Waals surface area contributed by atoms with Gasteiger partial charge in [0.05, 0.1) is 6.20 Å². The van der Waals surface area contributed by atoms with E-state index in [9.17, 15) is 4.39 Å². The molecule has 11 heavy (non-hydrogen) atoms. The maximum atomic E-state index is 12.2. The van der Waals surface area contributed by atoms with Crippen molar-refractivity contribution in [3.8, 4) is 11.8 Å². The number of hydrogen-bond acceptors (Lipinski definition) is 2. The molecular formula is C8H6FNO. The van der Waals surface area contributed by atoms with E-state index in [1.54, 1.807) is 0 Å². The lowest BCUT2D eigenvalue weighted by Crippen LogP contribution is -1.83. The second-order valence-corrected chi connectivity index (χ2v) is 1.82. The molecule has 2 nitrogen and oxygen atoms in total. The van der Waals surface area contributed by atoms with Crippen LogP contribution in [-0.4, -0.2) is 16.7 Å². The van der Waals surface area contributed by atoms with Crippen LogP contribution in [0.5, 0.6) is 0 Å². The predicted molar refractivity (Wildman–Crippen MR) is 38.2 cm³/mol. The van der Waals surface area contributed by atoms with Gasteiger partial charge in [-0.15, -0.1) is 0 Å². The van der Waals surface area contributed by atoms with Crippen molar-refractivity contribution in [1.82, 2.24) is 4.98 Å². The first kappa shape index (κ1) is 7.70. The molecule has 0 bridgehead atoms. The lowest BCUT2D eigenvalue weighted by atomic mass is 10.3. The summed E-state index contributed by atoms with van der Waals surface area (Å²) in [5.41, 5.74) is 0.459. The van der Waals surface area contributed by atoms with Gasteiger partial charge < -0.3 is 5.11 Å². The Labute approximate surface area is 63.7 Å². The second kappa shape index (κ2) is 3.69. The summed E-state index contributed by atoms with van der Waals surface area (Å²) in [6.07, 6.45) is 1.08. The van der Waals surface area contributed by atoms with Gasteiger partial charge in [-0.1, -0.05) is 5.92 Å². The van der Waals surface area contributed by atoms with Crippen molar-refractivity contribution in [3.05, 3.63) is 29.8 Å². The summed E-state index contributed by atoms with van der Waals surface area (Å²) in [5.74, 6) is 4.56. The highest BCUT2D eigenvalue weighted by molar-refractivity contribution is 5.26. The Hall–Kier alpha value is -1.40. The molecule has 0 aromatic carbocycles. The smallest absolute Gasteiger partial charge is 0.141 e. The van der Waals surface area contributed by atoms with Crippen LogP contribution in [0.3, 0.4) is 0 Å². The van der Waals surface area contributed by atoms with Crippen LogP contribution in [0.2, 0.25) is 0 Å². The minimum absolute atomic E-state index is 0.209. The van der Waals surface area contributed by atoms with E-state index in [1.807, 2.05) is 0 Å². The van der Waals surface area contributed by atoms with Crippen molar-refractivity contribution in [2.24, 2.45) is 0 Å². The summed E-state index contributed by atoms with van der Waals surface area (Å²) in [5, 5.41) is 8.31. The van der Waals surface area contributed by atoms with E-state index < -0.39 is 0 Å². The third kappa shape index (κ3) is 2.36. The van der Waals surface area contributed by atoms with Crippen molar-refractivity contribution in [3.63, 3.8) is 0 Å². The molecule has 0 unspecified atom stereocenters. The first-order valence-electron chi connectivity index (χ1n) is 3.04. The van der Waals surface area contributed by atoms with Gasteiger partial charge in [0.25, 0.3) is 0 Å². The number of aromatic nitrogens is 1. The topological polar surface area (TPSA) is 33.1 Å². The summed E-state index contributed by atoms with van der Waals surface area (Å²) in [4.78, 5) is 3.66. The summed E-state index contributed by atoms with van der Waals surface area (Å²) < 4.78 is 12.2. The van der Waals surface area contributed by atoms with Crippen molar-refractivity contribution in [1.29, 1.82) is 0 Å². The van der Waals surface area contributed by atoms with Gasteiger partial charge in [0.15, 0.2) is 0 Å². The average Bonchev–Trinajstić information content (AvgIpc) is 2.04. The van der Waals surface area contributed by atoms with E-state index in [0.29, 0.717) is 5.69 Å². The Morgan fingerprint density at radius 1 is 1.55 bits per heavy atom.